The molecule has 1 aliphatic rings. The molecule has 0 bridgehead atoms. The minimum Gasteiger partial charge on any atom is -1.00 e. The second kappa shape index (κ2) is 8.87. The summed E-state index contributed by atoms with van der Waals surface area (Å²) in [7, 11) is 0. The van der Waals surface area contributed by atoms with Gasteiger partial charge in [-0.3, -0.25) is 6.08 Å². The van der Waals surface area contributed by atoms with Gasteiger partial charge in [-0.15, -0.1) is 0 Å². The van der Waals surface area contributed by atoms with E-state index in [1.54, 1.807) is 0 Å². The van der Waals surface area contributed by atoms with Crippen LogP contribution in [-0.4, -0.2) is 0 Å². The van der Waals surface area contributed by atoms with Crippen LogP contribution < -0.4 is 24.8 Å². The van der Waals surface area contributed by atoms with Crippen LogP contribution in [0.1, 0.15) is 20.3 Å². The summed E-state index contributed by atoms with van der Waals surface area (Å²) in [6.07, 6.45) is 8.77. The fraction of sp³-hybridized carbons (Fsp3) is 0.500. The molecule has 0 aromatic rings. The van der Waals surface area contributed by atoms with Crippen LogP contribution in [0.15, 0.2) is 17.7 Å². The molecule has 0 N–H and O–H groups in total. The van der Waals surface area contributed by atoms with Crippen LogP contribution in [0.4, 0.5) is 0 Å². The van der Waals surface area contributed by atoms with Crippen molar-refractivity contribution in [3.8, 4) is 0 Å². The van der Waals surface area contributed by atoms with Gasteiger partial charge >= 0.3 is 21.7 Å². The van der Waals surface area contributed by atoms with Crippen LogP contribution in [0.2, 0.25) is 0 Å². The van der Waals surface area contributed by atoms with Crippen LogP contribution in [-0.2, 0) is 21.7 Å². The molecule has 0 nitrogen and oxygen atoms in total. The fourth-order valence-corrected chi connectivity index (χ4v) is 0.869. The molecule has 0 saturated heterocycles. The first-order valence-corrected chi connectivity index (χ1v) is 3.13. The van der Waals surface area contributed by atoms with Crippen LogP contribution in [0.5, 0.6) is 0 Å². The molecular weight excluding hydrogens is 215 g/mol. The maximum Gasteiger partial charge on any atom is 3.00 e. The van der Waals surface area contributed by atoms with Gasteiger partial charge in [-0.05, 0) is 0 Å². The Balaban J connectivity index is -0.000000213. The van der Waals surface area contributed by atoms with Gasteiger partial charge in [0.2, 0.25) is 0 Å². The van der Waals surface area contributed by atoms with E-state index in [1.807, 2.05) is 0 Å². The molecule has 61 valence electrons. The molecule has 1 rings (SSSR count). The van der Waals surface area contributed by atoms with Crippen molar-refractivity contribution in [2.45, 2.75) is 20.3 Å². The van der Waals surface area contributed by atoms with Gasteiger partial charge < -0.3 is 24.8 Å². The van der Waals surface area contributed by atoms with E-state index in [4.69, 9.17) is 0 Å². The molecule has 1 radical (unpaired) electrons. The van der Waals surface area contributed by atoms with Crippen molar-refractivity contribution >= 4 is 0 Å². The predicted molar refractivity (Wildman–Crippen MR) is 35.4 cm³/mol. The number of halogens is 2. The molecule has 0 saturated carbocycles. The van der Waals surface area contributed by atoms with Gasteiger partial charge in [-0.1, -0.05) is 26.2 Å². The quantitative estimate of drug-likeness (QED) is 0.319. The SMILES string of the molecule is CCC1=[C-]C(C)C=C1.[Cl-].[Cl-].[Ti+3]. The van der Waals surface area contributed by atoms with Gasteiger partial charge in [0.25, 0.3) is 0 Å². The number of rotatable bonds is 1. The van der Waals surface area contributed by atoms with Crippen LogP contribution in [0, 0.1) is 12.0 Å². The van der Waals surface area contributed by atoms with Gasteiger partial charge in [0.05, 0.1) is 0 Å². The largest absolute Gasteiger partial charge is 3.00 e. The summed E-state index contributed by atoms with van der Waals surface area (Å²) < 4.78 is 0. The molecule has 1 aliphatic carbocycles. The molecule has 11 heavy (non-hydrogen) atoms. The molecule has 3 heteroatoms. The van der Waals surface area contributed by atoms with Gasteiger partial charge in [-0.2, -0.15) is 6.08 Å². The topological polar surface area (TPSA) is 0 Å². The zero-order valence-electron chi connectivity index (χ0n) is 6.70. The summed E-state index contributed by atoms with van der Waals surface area (Å²) in [6, 6.07) is 0. The first-order chi connectivity index (χ1) is 3.83. The van der Waals surface area contributed by atoms with E-state index in [-0.39, 0.29) is 46.5 Å². The smallest absolute Gasteiger partial charge is 1.00 e. The average Bonchev–Trinajstić information content (AvgIpc) is 2.14. The average molecular weight is 226 g/mol. The molecule has 0 spiro atoms. The molecular formula is C8H11Cl2Ti. The zero-order valence-corrected chi connectivity index (χ0v) is 9.77. The molecule has 0 heterocycles. The standard InChI is InChI=1S/C8H11.2ClH.Ti/c1-3-8-5-4-7(2)6-8;;;/h4-5,7H,3H2,1-2H3;2*1H;/q-1;;;+3/p-2. The van der Waals surface area contributed by atoms with E-state index in [0.717, 1.165) is 6.42 Å². The van der Waals surface area contributed by atoms with Crippen molar-refractivity contribution in [3.63, 3.8) is 0 Å². The Morgan fingerprint density at radius 3 is 2.18 bits per heavy atom. The summed E-state index contributed by atoms with van der Waals surface area (Å²) in [5, 5.41) is 0. The number of allylic oxidation sites excluding steroid dienone is 4. The predicted octanol–water partition coefficient (Wildman–Crippen LogP) is -3.66. The van der Waals surface area contributed by atoms with E-state index < -0.39 is 0 Å². The molecule has 1 unspecified atom stereocenters. The van der Waals surface area contributed by atoms with Crippen LogP contribution in [0.3, 0.4) is 0 Å². The Morgan fingerprint density at radius 1 is 1.45 bits per heavy atom. The molecule has 0 amide bonds. The third kappa shape index (κ3) is 5.98. The fourth-order valence-electron chi connectivity index (χ4n) is 0.869. The Morgan fingerprint density at radius 2 is 2.00 bits per heavy atom. The normalized spacial score (nSPS) is 19.1. The Hall–Kier alpha value is 0.774. The second-order valence-corrected chi connectivity index (χ2v) is 2.17. The van der Waals surface area contributed by atoms with Crippen molar-refractivity contribution in [1.29, 1.82) is 0 Å². The maximum absolute atomic E-state index is 3.31. The second-order valence-electron chi connectivity index (χ2n) is 2.17. The van der Waals surface area contributed by atoms with E-state index >= 15 is 0 Å². The van der Waals surface area contributed by atoms with Crippen molar-refractivity contribution in [3.05, 3.63) is 23.8 Å². The first-order valence-electron chi connectivity index (χ1n) is 3.13. The van der Waals surface area contributed by atoms with Crippen molar-refractivity contribution < 1.29 is 46.5 Å². The summed E-state index contributed by atoms with van der Waals surface area (Å²) in [4.78, 5) is 0. The molecule has 0 fully saturated rings. The van der Waals surface area contributed by atoms with Crippen LogP contribution in [0.25, 0.3) is 0 Å². The summed E-state index contributed by atoms with van der Waals surface area (Å²) >= 11 is 0. The van der Waals surface area contributed by atoms with Gasteiger partial charge in [0.1, 0.15) is 0 Å². The third-order valence-electron chi connectivity index (χ3n) is 1.38. The monoisotopic (exact) mass is 225 g/mol. The molecule has 0 aliphatic heterocycles. The number of hydrogen-bond donors (Lipinski definition) is 0. The van der Waals surface area contributed by atoms with E-state index in [2.05, 4.69) is 32.1 Å². The Kier molecular flexibility index (Phi) is 14.3. The van der Waals surface area contributed by atoms with E-state index in [9.17, 15) is 0 Å². The Labute approximate surface area is 96.2 Å². The molecule has 0 aromatic carbocycles. The van der Waals surface area contributed by atoms with Crippen LogP contribution >= 0.6 is 0 Å². The minimum absolute atomic E-state index is 0. The van der Waals surface area contributed by atoms with Gasteiger partial charge in [-0.25, -0.2) is 11.6 Å². The van der Waals surface area contributed by atoms with Gasteiger partial charge in [0, 0.05) is 0 Å². The van der Waals surface area contributed by atoms with E-state index in [1.165, 1.54) is 5.57 Å². The maximum atomic E-state index is 3.31. The first kappa shape index (κ1) is 17.8. The summed E-state index contributed by atoms with van der Waals surface area (Å²) in [5.74, 6) is 0.560. The third-order valence-corrected chi connectivity index (χ3v) is 1.38. The zero-order chi connectivity index (χ0) is 5.98. The van der Waals surface area contributed by atoms with Crippen molar-refractivity contribution in [2.24, 2.45) is 5.92 Å². The molecule has 1 atom stereocenters. The minimum atomic E-state index is 0. The van der Waals surface area contributed by atoms with Crippen molar-refractivity contribution in [2.75, 3.05) is 0 Å². The van der Waals surface area contributed by atoms with Gasteiger partial charge in [0.15, 0.2) is 0 Å². The molecule has 0 aromatic heterocycles. The van der Waals surface area contributed by atoms with E-state index in [0.29, 0.717) is 5.92 Å². The summed E-state index contributed by atoms with van der Waals surface area (Å²) in [5.41, 5.74) is 1.36. The van der Waals surface area contributed by atoms with Crippen molar-refractivity contribution in [1.82, 2.24) is 0 Å². The number of hydrogen-bond acceptors (Lipinski definition) is 0. The Bertz CT molecular complexity index is 141. The summed E-state index contributed by atoms with van der Waals surface area (Å²) in [6.45, 7) is 4.31.